The summed E-state index contributed by atoms with van der Waals surface area (Å²) in [6.45, 7) is 4.02. The molecule has 1 aliphatic carbocycles. The Bertz CT molecular complexity index is 458. The minimum Gasteiger partial charge on any atom is -0.490 e. The summed E-state index contributed by atoms with van der Waals surface area (Å²) in [4.78, 5) is 11.8. The van der Waals surface area contributed by atoms with Gasteiger partial charge in [0.05, 0.1) is 6.10 Å². The molecule has 0 radical (unpaired) electrons. The van der Waals surface area contributed by atoms with Gasteiger partial charge in [-0.05, 0) is 50.8 Å². The van der Waals surface area contributed by atoms with Gasteiger partial charge in [0.2, 0.25) is 0 Å². The van der Waals surface area contributed by atoms with Gasteiger partial charge in [-0.15, -0.1) is 0 Å². The molecule has 0 amide bonds. The van der Waals surface area contributed by atoms with Crippen molar-refractivity contribution in [3.63, 3.8) is 0 Å². The second-order valence-electron chi connectivity index (χ2n) is 5.00. The first-order valence-corrected chi connectivity index (χ1v) is 6.66. The van der Waals surface area contributed by atoms with E-state index in [1.807, 2.05) is 44.2 Å². The van der Waals surface area contributed by atoms with E-state index in [1.165, 1.54) is 0 Å². The largest absolute Gasteiger partial charge is 0.490 e. The summed E-state index contributed by atoms with van der Waals surface area (Å²) in [5.74, 6) is 1.15. The van der Waals surface area contributed by atoms with Crippen LogP contribution < -0.4 is 4.74 Å². The predicted octanol–water partition coefficient (Wildman–Crippen LogP) is 4.00. The van der Waals surface area contributed by atoms with Gasteiger partial charge in [0.15, 0.2) is 5.78 Å². The first-order valence-electron chi connectivity index (χ1n) is 6.66. The van der Waals surface area contributed by atoms with Crippen LogP contribution in [0.4, 0.5) is 0 Å². The van der Waals surface area contributed by atoms with Gasteiger partial charge in [-0.3, -0.25) is 4.79 Å². The molecule has 2 nitrogen and oxygen atoms in total. The van der Waals surface area contributed by atoms with Crippen molar-refractivity contribution in [3.05, 3.63) is 35.4 Å². The SMILES string of the molecule is CC(C)Oc1ccccc1C=C1CCCCC1=O. The summed E-state index contributed by atoms with van der Waals surface area (Å²) in [6, 6.07) is 7.90. The summed E-state index contributed by atoms with van der Waals surface area (Å²) < 4.78 is 5.77. The van der Waals surface area contributed by atoms with Gasteiger partial charge in [-0.25, -0.2) is 0 Å². The highest BCUT2D eigenvalue weighted by Gasteiger charge is 2.15. The number of Topliss-reactive ketones (excluding diaryl/α,β-unsaturated/α-hetero) is 1. The Balaban J connectivity index is 2.27. The van der Waals surface area contributed by atoms with Gasteiger partial charge in [0.1, 0.15) is 5.75 Å². The predicted molar refractivity (Wildman–Crippen MR) is 73.7 cm³/mol. The lowest BCUT2D eigenvalue weighted by atomic mass is 9.92. The molecule has 0 atom stereocenters. The van der Waals surface area contributed by atoms with Crippen LogP contribution in [-0.4, -0.2) is 11.9 Å². The third-order valence-electron chi connectivity index (χ3n) is 3.07. The monoisotopic (exact) mass is 244 g/mol. The van der Waals surface area contributed by atoms with E-state index in [-0.39, 0.29) is 6.10 Å². The average Bonchev–Trinajstić information content (AvgIpc) is 2.34. The van der Waals surface area contributed by atoms with Crippen LogP contribution >= 0.6 is 0 Å². The van der Waals surface area contributed by atoms with Crippen molar-refractivity contribution >= 4 is 11.9 Å². The molecular formula is C16H20O2. The van der Waals surface area contributed by atoms with Gasteiger partial charge >= 0.3 is 0 Å². The zero-order valence-electron chi connectivity index (χ0n) is 11.1. The Labute approximate surface area is 109 Å². The van der Waals surface area contributed by atoms with Crippen LogP contribution in [0.25, 0.3) is 6.08 Å². The molecule has 0 spiro atoms. The topological polar surface area (TPSA) is 26.3 Å². The van der Waals surface area contributed by atoms with Gasteiger partial charge in [-0.2, -0.15) is 0 Å². The van der Waals surface area contributed by atoms with Crippen molar-refractivity contribution in [2.45, 2.75) is 45.6 Å². The molecule has 0 saturated heterocycles. The van der Waals surface area contributed by atoms with E-state index in [9.17, 15) is 4.79 Å². The standard InChI is InChI=1S/C16H20O2/c1-12(2)18-16-10-6-4-8-14(16)11-13-7-3-5-9-15(13)17/h4,6,8,10-12H,3,5,7,9H2,1-2H3. The summed E-state index contributed by atoms with van der Waals surface area (Å²) in [5, 5.41) is 0. The Morgan fingerprint density at radius 1 is 1.17 bits per heavy atom. The summed E-state index contributed by atoms with van der Waals surface area (Å²) >= 11 is 0. The molecule has 1 aromatic carbocycles. The Morgan fingerprint density at radius 2 is 1.89 bits per heavy atom. The van der Waals surface area contributed by atoms with E-state index < -0.39 is 0 Å². The Hall–Kier alpha value is -1.57. The Kier molecular flexibility index (Phi) is 4.19. The minimum absolute atomic E-state index is 0.145. The average molecular weight is 244 g/mol. The van der Waals surface area contributed by atoms with Crippen molar-refractivity contribution in [3.8, 4) is 5.75 Å². The van der Waals surface area contributed by atoms with Crippen LogP contribution in [0.5, 0.6) is 5.75 Å². The van der Waals surface area contributed by atoms with Crippen LogP contribution in [0.3, 0.4) is 0 Å². The van der Waals surface area contributed by atoms with E-state index in [1.54, 1.807) is 0 Å². The van der Waals surface area contributed by atoms with Gasteiger partial charge < -0.3 is 4.74 Å². The molecule has 1 saturated carbocycles. The molecule has 0 N–H and O–H groups in total. The van der Waals surface area contributed by atoms with Crippen molar-refractivity contribution in [2.24, 2.45) is 0 Å². The van der Waals surface area contributed by atoms with Crippen molar-refractivity contribution < 1.29 is 9.53 Å². The van der Waals surface area contributed by atoms with E-state index in [2.05, 4.69) is 0 Å². The van der Waals surface area contributed by atoms with Crippen molar-refractivity contribution in [1.29, 1.82) is 0 Å². The Morgan fingerprint density at radius 3 is 2.61 bits per heavy atom. The zero-order valence-corrected chi connectivity index (χ0v) is 11.1. The maximum absolute atomic E-state index is 11.8. The highest BCUT2D eigenvalue weighted by molar-refractivity contribution is 6.00. The fourth-order valence-corrected chi connectivity index (χ4v) is 2.20. The van der Waals surface area contributed by atoms with Crippen molar-refractivity contribution in [2.75, 3.05) is 0 Å². The molecule has 1 fully saturated rings. The lowest BCUT2D eigenvalue weighted by Crippen LogP contribution is -2.09. The van der Waals surface area contributed by atoms with E-state index in [0.717, 1.165) is 36.1 Å². The smallest absolute Gasteiger partial charge is 0.158 e. The van der Waals surface area contributed by atoms with Crippen molar-refractivity contribution in [1.82, 2.24) is 0 Å². The highest BCUT2D eigenvalue weighted by atomic mass is 16.5. The molecule has 0 aromatic heterocycles. The number of ketones is 1. The summed E-state index contributed by atoms with van der Waals surface area (Å²) in [7, 11) is 0. The quantitative estimate of drug-likeness (QED) is 0.751. The summed E-state index contributed by atoms with van der Waals surface area (Å²) in [5.41, 5.74) is 1.96. The first kappa shape index (κ1) is 12.9. The normalized spacial score (nSPS) is 18.4. The third kappa shape index (κ3) is 3.22. The lowest BCUT2D eigenvalue weighted by molar-refractivity contribution is -0.116. The zero-order chi connectivity index (χ0) is 13.0. The number of benzene rings is 1. The molecule has 0 aliphatic heterocycles. The molecular weight excluding hydrogens is 224 g/mol. The molecule has 0 bridgehead atoms. The first-order chi connectivity index (χ1) is 8.66. The molecule has 0 heterocycles. The second kappa shape index (κ2) is 5.85. The fourth-order valence-electron chi connectivity index (χ4n) is 2.20. The number of hydrogen-bond donors (Lipinski definition) is 0. The lowest BCUT2D eigenvalue weighted by Gasteiger charge is -2.15. The molecule has 2 rings (SSSR count). The van der Waals surface area contributed by atoms with E-state index in [4.69, 9.17) is 4.74 Å². The fraction of sp³-hybridized carbons (Fsp3) is 0.438. The van der Waals surface area contributed by atoms with Crippen LogP contribution in [0, 0.1) is 0 Å². The maximum Gasteiger partial charge on any atom is 0.158 e. The number of carbonyl (C=O) groups is 1. The number of rotatable bonds is 3. The molecule has 0 unspecified atom stereocenters. The number of ether oxygens (including phenoxy) is 1. The second-order valence-corrected chi connectivity index (χ2v) is 5.00. The van der Waals surface area contributed by atoms with Crippen LogP contribution in [0.1, 0.15) is 45.1 Å². The summed E-state index contributed by atoms with van der Waals surface area (Å²) in [6.07, 6.45) is 5.88. The molecule has 1 aliphatic rings. The van der Waals surface area contributed by atoms with Gasteiger partial charge in [-0.1, -0.05) is 18.2 Å². The highest BCUT2D eigenvalue weighted by Crippen LogP contribution is 2.26. The number of hydrogen-bond acceptors (Lipinski definition) is 2. The van der Waals surface area contributed by atoms with Crippen LogP contribution in [-0.2, 0) is 4.79 Å². The molecule has 18 heavy (non-hydrogen) atoms. The van der Waals surface area contributed by atoms with E-state index in [0.29, 0.717) is 12.2 Å². The maximum atomic E-state index is 11.8. The van der Waals surface area contributed by atoms with E-state index >= 15 is 0 Å². The number of para-hydroxylation sites is 1. The van der Waals surface area contributed by atoms with Gasteiger partial charge in [0, 0.05) is 12.0 Å². The minimum atomic E-state index is 0.145. The number of allylic oxidation sites excluding steroid dienone is 1. The van der Waals surface area contributed by atoms with Crippen LogP contribution in [0.2, 0.25) is 0 Å². The third-order valence-corrected chi connectivity index (χ3v) is 3.07. The van der Waals surface area contributed by atoms with Gasteiger partial charge in [0.25, 0.3) is 0 Å². The molecule has 96 valence electrons. The number of carbonyl (C=O) groups excluding carboxylic acids is 1. The van der Waals surface area contributed by atoms with Crippen LogP contribution in [0.15, 0.2) is 29.8 Å². The molecule has 1 aromatic rings. The molecule has 2 heteroatoms.